The first-order valence-electron chi connectivity index (χ1n) is 21.2. The van der Waals surface area contributed by atoms with Crippen LogP contribution in [-0.4, -0.2) is 118 Å². The van der Waals surface area contributed by atoms with Crippen LogP contribution in [0.5, 0.6) is 0 Å². The van der Waals surface area contributed by atoms with Gasteiger partial charge in [-0.25, -0.2) is 27.5 Å². The molecule has 0 radical (unpaired) electrons. The average molecular weight is 862 g/mol. The number of carbonyl (C=O) groups excluding carboxylic acids is 4. The number of imide groups is 1. The zero-order valence-electron chi connectivity index (χ0n) is 35.1. The molecule has 15 nitrogen and oxygen atoms in total. The number of nitrogens with one attached hydrogen (secondary N) is 3. The molecule has 1 saturated carbocycles. The maximum Gasteiger partial charge on any atom is 0.328 e. The monoisotopic (exact) mass is 861 g/mol. The van der Waals surface area contributed by atoms with Gasteiger partial charge in [-0.2, -0.15) is 0 Å². The third-order valence-electron chi connectivity index (χ3n) is 13.3. The van der Waals surface area contributed by atoms with Crippen LogP contribution in [0.2, 0.25) is 0 Å². The summed E-state index contributed by atoms with van der Waals surface area (Å²) in [6.07, 6.45) is 3.54. The van der Waals surface area contributed by atoms with Crippen molar-refractivity contribution in [2.75, 3.05) is 61.4 Å². The minimum atomic E-state index is -3.11. The van der Waals surface area contributed by atoms with Crippen LogP contribution in [-0.2, 0) is 17.8 Å². The normalized spacial score (nSPS) is 21.3. The topological polar surface area (TPSA) is 160 Å². The molecule has 10 rings (SSSR count). The molecule has 4 fully saturated rings. The SMILES string of the molecule is CNc1cc(N2CCc3c(-c4cc(C)c(CN5CC6(CCN(C(=O)c7ccc(C)c(N8CCC(=O)NC8=O)c7)CC6(F)F)C5)cn4)cccc32)nn2c(C(=O)N[C@@H]3C[C@@H]3F)cnc12. The standard InChI is InChI=1S/C45H46F3N11O4/c1-25-7-8-27(16-36(25)58-13-10-39(60)53-43(58)63)42(62)56-14-11-44(45(47,48)24-56)22-55(23-44)21-28-19-50-32(15-26(28)2)29-5-4-6-35-30(29)9-12-57(35)38-18-34(49-3)40-51-20-37(59(40)54-38)41(61)52-33-17-31(33)46/h4-8,15-16,18-20,31,33,49H,9-14,17,21-24H2,1-3H3,(H,52,61)(H,53,60,63)/t31-,33+/m0/s1. The summed E-state index contributed by atoms with van der Waals surface area (Å²) in [6, 6.07) is 13.7. The lowest BCUT2D eigenvalue weighted by atomic mass is 9.69. The second-order valence-corrected chi connectivity index (χ2v) is 17.4. The van der Waals surface area contributed by atoms with Crippen LogP contribution in [0.25, 0.3) is 16.9 Å². The number of amides is 5. The van der Waals surface area contributed by atoms with Crippen LogP contribution < -0.4 is 25.8 Å². The van der Waals surface area contributed by atoms with Crippen molar-refractivity contribution in [3.63, 3.8) is 0 Å². The molecule has 3 saturated heterocycles. The van der Waals surface area contributed by atoms with E-state index < -0.39 is 47.9 Å². The number of aryl methyl sites for hydroxylation is 2. The molecule has 326 valence electrons. The Morgan fingerprint density at radius 3 is 2.44 bits per heavy atom. The van der Waals surface area contributed by atoms with Gasteiger partial charge in [0.1, 0.15) is 6.17 Å². The van der Waals surface area contributed by atoms with Crippen molar-refractivity contribution >= 4 is 52.3 Å². The fraction of sp³-hybridized carbons (Fsp3) is 0.400. The first-order chi connectivity index (χ1) is 30.2. The van der Waals surface area contributed by atoms with Crippen molar-refractivity contribution in [2.24, 2.45) is 5.41 Å². The zero-order chi connectivity index (χ0) is 43.9. The van der Waals surface area contributed by atoms with Crippen molar-refractivity contribution in [1.82, 2.24) is 40.0 Å². The molecule has 5 aliphatic rings. The number of benzene rings is 2. The molecule has 3 aromatic heterocycles. The number of imidazole rings is 1. The summed E-state index contributed by atoms with van der Waals surface area (Å²) in [5.41, 5.74) is 7.32. The number of anilines is 4. The van der Waals surface area contributed by atoms with Gasteiger partial charge < -0.3 is 20.4 Å². The predicted molar refractivity (Wildman–Crippen MR) is 228 cm³/mol. The Balaban J connectivity index is 0.804. The maximum absolute atomic E-state index is 16.1. The van der Waals surface area contributed by atoms with E-state index in [2.05, 4.69) is 25.8 Å². The summed E-state index contributed by atoms with van der Waals surface area (Å²) in [5, 5.41) is 13.0. The highest BCUT2D eigenvalue weighted by Crippen LogP contribution is 2.51. The number of alkyl halides is 3. The fourth-order valence-electron chi connectivity index (χ4n) is 9.54. The van der Waals surface area contributed by atoms with Gasteiger partial charge in [-0.3, -0.25) is 34.5 Å². The third kappa shape index (κ3) is 7.00. The number of rotatable bonds is 9. The molecule has 18 heteroatoms. The average Bonchev–Trinajstić information content (AvgIpc) is 3.56. The molecule has 7 heterocycles. The summed E-state index contributed by atoms with van der Waals surface area (Å²) in [6.45, 7) is 4.94. The van der Waals surface area contributed by atoms with Crippen molar-refractivity contribution in [3.05, 3.63) is 94.4 Å². The number of piperidine rings is 1. The molecule has 2 atom stereocenters. The number of hydrogen-bond acceptors (Lipinski definition) is 10. The highest BCUT2D eigenvalue weighted by molar-refractivity contribution is 6.06. The van der Waals surface area contributed by atoms with E-state index in [1.165, 1.54) is 20.5 Å². The molecule has 1 aliphatic carbocycles. The van der Waals surface area contributed by atoms with Gasteiger partial charge in [0.2, 0.25) is 5.91 Å². The van der Waals surface area contributed by atoms with Crippen LogP contribution in [0.15, 0.2) is 60.9 Å². The van der Waals surface area contributed by atoms with Gasteiger partial charge in [0.05, 0.1) is 35.6 Å². The number of likely N-dealkylation sites (tertiary alicyclic amines) is 2. The Hall–Kier alpha value is -6.56. The number of aromatic nitrogens is 4. The Morgan fingerprint density at radius 2 is 1.71 bits per heavy atom. The molecule has 5 aromatic rings. The van der Waals surface area contributed by atoms with Crippen molar-refractivity contribution < 1.29 is 32.3 Å². The summed E-state index contributed by atoms with van der Waals surface area (Å²) < 4.78 is 47.2. The second-order valence-electron chi connectivity index (χ2n) is 17.4. The smallest absolute Gasteiger partial charge is 0.328 e. The van der Waals surface area contributed by atoms with Gasteiger partial charge in [-0.1, -0.05) is 18.2 Å². The lowest BCUT2D eigenvalue weighted by Gasteiger charge is -2.57. The quantitative estimate of drug-likeness (QED) is 0.175. The van der Waals surface area contributed by atoms with E-state index in [9.17, 15) is 23.6 Å². The molecule has 2 aromatic carbocycles. The van der Waals surface area contributed by atoms with E-state index in [1.807, 2.05) is 48.4 Å². The highest BCUT2D eigenvalue weighted by atomic mass is 19.3. The van der Waals surface area contributed by atoms with Gasteiger partial charge in [0, 0.05) is 93.9 Å². The van der Waals surface area contributed by atoms with Crippen LogP contribution in [0.1, 0.15) is 62.4 Å². The highest BCUT2D eigenvalue weighted by Gasteiger charge is 2.63. The number of nitrogens with zero attached hydrogens (tertiary/aromatic N) is 8. The molecule has 3 N–H and O–H groups in total. The maximum atomic E-state index is 16.1. The largest absolute Gasteiger partial charge is 0.385 e. The Bertz CT molecular complexity index is 2740. The number of halogens is 3. The zero-order valence-corrected chi connectivity index (χ0v) is 35.1. The van der Waals surface area contributed by atoms with Crippen LogP contribution in [0.3, 0.4) is 0 Å². The predicted octanol–water partition coefficient (Wildman–Crippen LogP) is 5.41. The van der Waals surface area contributed by atoms with E-state index in [0.29, 0.717) is 42.4 Å². The van der Waals surface area contributed by atoms with Crippen molar-refractivity contribution in [1.29, 1.82) is 0 Å². The van der Waals surface area contributed by atoms with Crippen LogP contribution in [0, 0.1) is 19.3 Å². The molecule has 4 aliphatic heterocycles. The van der Waals surface area contributed by atoms with Crippen LogP contribution in [0.4, 0.5) is 40.8 Å². The Kier molecular flexibility index (Phi) is 9.69. The summed E-state index contributed by atoms with van der Waals surface area (Å²) in [7, 11) is 1.78. The second kappa shape index (κ2) is 15.1. The van der Waals surface area contributed by atoms with Gasteiger partial charge in [-0.05, 0) is 73.2 Å². The Morgan fingerprint density at radius 1 is 0.921 bits per heavy atom. The summed E-state index contributed by atoms with van der Waals surface area (Å²) in [4.78, 5) is 66.8. The third-order valence-corrected chi connectivity index (χ3v) is 13.3. The lowest BCUT2D eigenvalue weighted by Crippen LogP contribution is -2.70. The van der Waals surface area contributed by atoms with E-state index in [-0.39, 0.29) is 56.2 Å². The van der Waals surface area contributed by atoms with Crippen molar-refractivity contribution in [3.8, 4) is 11.3 Å². The molecule has 5 amide bonds. The molecule has 63 heavy (non-hydrogen) atoms. The molecular weight excluding hydrogens is 816 g/mol. The minimum absolute atomic E-state index is 0.124. The van der Waals surface area contributed by atoms with Gasteiger partial charge in [0.25, 0.3) is 17.7 Å². The minimum Gasteiger partial charge on any atom is -0.385 e. The number of hydrogen-bond donors (Lipinski definition) is 3. The van der Waals surface area contributed by atoms with Gasteiger partial charge in [0.15, 0.2) is 17.2 Å². The number of fused-ring (bicyclic) bond motifs is 2. The lowest BCUT2D eigenvalue weighted by molar-refractivity contribution is -0.220. The molecule has 0 unspecified atom stereocenters. The van der Waals surface area contributed by atoms with E-state index in [1.54, 1.807) is 32.2 Å². The first kappa shape index (κ1) is 40.5. The van der Waals surface area contributed by atoms with Gasteiger partial charge >= 0.3 is 6.03 Å². The summed E-state index contributed by atoms with van der Waals surface area (Å²) >= 11 is 0. The number of urea groups is 1. The summed E-state index contributed by atoms with van der Waals surface area (Å²) in [5.74, 6) is -3.82. The first-order valence-corrected chi connectivity index (χ1v) is 21.2. The van der Waals surface area contributed by atoms with E-state index in [4.69, 9.17) is 10.1 Å². The molecule has 0 bridgehead atoms. The fourth-order valence-corrected chi connectivity index (χ4v) is 9.54. The Labute approximate surface area is 360 Å². The van der Waals surface area contributed by atoms with Crippen LogP contribution >= 0.6 is 0 Å². The van der Waals surface area contributed by atoms with Crippen molar-refractivity contribution in [2.45, 2.75) is 64.2 Å². The van der Waals surface area contributed by atoms with Gasteiger partial charge in [-0.15, -0.1) is 5.10 Å². The molecular formula is C45H46F3N11O4. The molecule has 1 spiro atoms. The number of carbonyl (C=O) groups is 4. The van der Waals surface area contributed by atoms with E-state index in [0.717, 1.165) is 45.6 Å². The van der Waals surface area contributed by atoms with E-state index >= 15 is 8.78 Å². The number of pyridine rings is 1.